The van der Waals surface area contributed by atoms with E-state index in [0.29, 0.717) is 24.4 Å². The smallest absolute Gasteiger partial charge is 0.166 e. The second-order valence-corrected chi connectivity index (χ2v) is 6.71. The number of ketones is 1. The molecule has 1 aliphatic heterocycles. The Labute approximate surface area is 131 Å². The zero-order valence-electron chi connectivity index (χ0n) is 12.8. The van der Waals surface area contributed by atoms with Gasteiger partial charge in [-0.25, -0.2) is 0 Å². The van der Waals surface area contributed by atoms with E-state index in [9.17, 15) is 4.79 Å². The van der Waals surface area contributed by atoms with Crippen LogP contribution in [0.2, 0.25) is 0 Å². The molecule has 1 fully saturated rings. The molecule has 0 radical (unpaired) electrons. The zero-order chi connectivity index (χ0) is 14.9. The third-order valence-electron chi connectivity index (χ3n) is 5.26. The lowest BCUT2D eigenvalue weighted by atomic mass is 9.81. The molecule has 1 aromatic rings. The van der Waals surface area contributed by atoms with Gasteiger partial charge in [-0.1, -0.05) is 43.2 Å². The minimum absolute atomic E-state index is 0.241. The second kappa shape index (κ2) is 5.71. The number of aliphatic imine (C=N–C) groups is 1. The Morgan fingerprint density at radius 3 is 2.73 bits per heavy atom. The van der Waals surface area contributed by atoms with E-state index < -0.39 is 0 Å². The lowest BCUT2D eigenvalue weighted by Gasteiger charge is -2.32. The third kappa shape index (κ3) is 2.49. The molecule has 0 amide bonds. The van der Waals surface area contributed by atoms with Crippen molar-refractivity contribution in [3.05, 3.63) is 47.2 Å². The Hall–Kier alpha value is -1.90. The quantitative estimate of drug-likeness (QED) is 0.862. The molecule has 0 aromatic heterocycles. The van der Waals surface area contributed by atoms with Crippen LogP contribution in [0.5, 0.6) is 0 Å². The number of nitrogens with zero attached hydrogens (tertiary/aromatic N) is 1. The van der Waals surface area contributed by atoms with Crippen LogP contribution in [0.3, 0.4) is 0 Å². The summed E-state index contributed by atoms with van der Waals surface area (Å²) < 4.78 is 0. The van der Waals surface area contributed by atoms with Gasteiger partial charge in [0.25, 0.3) is 0 Å². The first-order chi connectivity index (χ1) is 10.8. The average Bonchev–Trinajstić information content (AvgIpc) is 2.75. The van der Waals surface area contributed by atoms with Gasteiger partial charge in [-0.05, 0) is 30.7 Å². The molecule has 3 aliphatic rings. The summed E-state index contributed by atoms with van der Waals surface area (Å²) in [6.45, 7) is 0. The van der Waals surface area contributed by atoms with E-state index in [-0.39, 0.29) is 5.78 Å². The van der Waals surface area contributed by atoms with Crippen molar-refractivity contribution in [1.82, 2.24) is 5.32 Å². The molecular weight excluding hydrogens is 272 g/mol. The Bertz CT molecular complexity index is 632. The van der Waals surface area contributed by atoms with Crippen LogP contribution in [0, 0.1) is 0 Å². The minimum Gasteiger partial charge on any atom is -0.383 e. The van der Waals surface area contributed by atoms with Gasteiger partial charge < -0.3 is 5.32 Å². The molecule has 1 aromatic carbocycles. The van der Waals surface area contributed by atoms with Crippen LogP contribution in [0.15, 0.2) is 46.6 Å². The average molecular weight is 294 g/mol. The van der Waals surface area contributed by atoms with Crippen molar-refractivity contribution >= 4 is 12.0 Å². The van der Waals surface area contributed by atoms with Gasteiger partial charge in [0, 0.05) is 24.4 Å². The van der Waals surface area contributed by atoms with Crippen LogP contribution in [-0.2, 0) is 4.79 Å². The fourth-order valence-electron chi connectivity index (χ4n) is 4.03. The summed E-state index contributed by atoms with van der Waals surface area (Å²) >= 11 is 0. The summed E-state index contributed by atoms with van der Waals surface area (Å²) in [5.41, 5.74) is 3.23. The van der Waals surface area contributed by atoms with Gasteiger partial charge in [-0.3, -0.25) is 9.79 Å². The summed E-state index contributed by atoms with van der Waals surface area (Å²) in [6, 6.07) is 11.2. The fraction of sp³-hybridized carbons (Fsp3) is 0.474. The van der Waals surface area contributed by atoms with Gasteiger partial charge in [0.05, 0.1) is 11.6 Å². The highest BCUT2D eigenvalue weighted by molar-refractivity contribution is 6.15. The van der Waals surface area contributed by atoms with Crippen molar-refractivity contribution in [2.75, 3.05) is 0 Å². The summed E-state index contributed by atoms with van der Waals surface area (Å²) in [6.07, 6.45) is 8.23. The first-order valence-corrected chi connectivity index (χ1v) is 8.42. The van der Waals surface area contributed by atoms with Crippen LogP contribution in [0.25, 0.3) is 0 Å². The Morgan fingerprint density at radius 2 is 1.86 bits per heavy atom. The van der Waals surface area contributed by atoms with Gasteiger partial charge in [0.15, 0.2) is 5.78 Å². The van der Waals surface area contributed by atoms with Crippen molar-refractivity contribution in [1.29, 1.82) is 0 Å². The van der Waals surface area contributed by atoms with E-state index in [1.54, 1.807) is 0 Å². The molecule has 3 heteroatoms. The van der Waals surface area contributed by atoms with E-state index in [4.69, 9.17) is 4.99 Å². The highest BCUT2D eigenvalue weighted by Crippen LogP contribution is 2.35. The standard InChI is InChI=1S/C19H22N2O/c22-19-11-14(13-6-2-1-3-7-13)10-18-15(19)12-20-16-8-4-5-9-17(16)21-18/h1-3,6-7,12,14,16-17,21H,4-5,8-11H2/t14-,16+,17+/m1/s1. The van der Waals surface area contributed by atoms with Crippen molar-refractivity contribution < 1.29 is 4.79 Å². The molecule has 0 saturated heterocycles. The lowest BCUT2D eigenvalue weighted by Crippen LogP contribution is -2.41. The van der Waals surface area contributed by atoms with Crippen molar-refractivity contribution in [3.8, 4) is 0 Å². The van der Waals surface area contributed by atoms with Gasteiger partial charge >= 0.3 is 0 Å². The molecule has 0 spiro atoms. The van der Waals surface area contributed by atoms with Gasteiger partial charge in [-0.15, -0.1) is 0 Å². The van der Waals surface area contributed by atoms with Gasteiger partial charge in [0.2, 0.25) is 0 Å². The molecule has 1 heterocycles. The molecule has 1 N–H and O–H groups in total. The van der Waals surface area contributed by atoms with E-state index in [1.165, 1.54) is 24.8 Å². The van der Waals surface area contributed by atoms with Gasteiger partial charge in [0.1, 0.15) is 0 Å². The predicted molar refractivity (Wildman–Crippen MR) is 88.1 cm³/mol. The largest absolute Gasteiger partial charge is 0.383 e. The Morgan fingerprint density at radius 1 is 1.05 bits per heavy atom. The topological polar surface area (TPSA) is 41.5 Å². The Kier molecular flexibility index (Phi) is 3.57. The number of benzene rings is 1. The number of carbonyl (C=O) groups excluding carboxylic acids is 1. The van der Waals surface area contributed by atoms with Crippen LogP contribution >= 0.6 is 0 Å². The molecule has 3 atom stereocenters. The molecule has 0 bridgehead atoms. The highest BCUT2D eigenvalue weighted by atomic mass is 16.1. The fourth-order valence-corrected chi connectivity index (χ4v) is 4.03. The number of carbonyl (C=O) groups is 1. The second-order valence-electron chi connectivity index (χ2n) is 6.71. The molecule has 22 heavy (non-hydrogen) atoms. The van der Waals surface area contributed by atoms with Crippen molar-refractivity contribution in [2.24, 2.45) is 4.99 Å². The Balaban J connectivity index is 1.62. The van der Waals surface area contributed by atoms with Gasteiger partial charge in [-0.2, -0.15) is 0 Å². The molecule has 1 saturated carbocycles. The maximum absolute atomic E-state index is 12.6. The number of allylic oxidation sites excluding steroid dienone is 2. The minimum atomic E-state index is 0.241. The number of Topliss-reactive ketones (excluding diaryl/α,β-unsaturated/α-hetero) is 1. The van der Waals surface area contributed by atoms with E-state index in [0.717, 1.165) is 24.1 Å². The predicted octanol–water partition coefficient (Wildman–Crippen LogP) is 3.37. The van der Waals surface area contributed by atoms with E-state index in [1.807, 2.05) is 12.3 Å². The first-order valence-electron chi connectivity index (χ1n) is 8.42. The zero-order valence-corrected chi connectivity index (χ0v) is 12.8. The molecule has 4 rings (SSSR count). The monoisotopic (exact) mass is 294 g/mol. The number of hydrogen-bond acceptors (Lipinski definition) is 3. The molecule has 0 unspecified atom stereocenters. The molecular formula is C19H22N2O. The van der Waals surface area contributed by atoms with Crippen LogP contribution < -0.4 is 5.32 Å². The summed E-state index contributed by atoms with van der Waals surface area (Å²) in [7, 11) is 0. The number of hydrogen-bond donors (Lipinski definition) is 1. The maximum atomic E-state index is 12.6. The van der Waals surface area contributed by atoms with E-state index in [2.05, 4.69) is 29.6 Å². The summed E-state index contributed by atoms with van der Waals surface area (Å²) in [4.78, 5) is 17.3. The number of fused-ring (bicyclic) bond motifs is 1. The molecule has 114 valence electrons. The maximum Gasteiger partial charge on any atom is 0.166 e. The van der Waals surface area contributed by atoms with E-state index >= 15 is 0 Å². The van der Waals surface area contributed by atoms with Crippen LogP contribution in [0.4, 0.5) is 0 Å². The van der Waals surface area contributed by atoms with Crippen LogP contribution in [-0.4, -0.2) is 24.1 Å². The SMILES string of the molecule is O=C1C[C@H](c2ccccc2)CC2=C1C=N[C@H]1CCCC[C@@H]1N2. The number of nitrogens with one attached hydrogen (secondary N) is 1. The van der Waals surface area contributed by atoms with Crippen molar-refractivity contribution in [3.63, 3.8) is 0 Å². The summed E-state index contributed by atoms with van der Waals surface area (Å²) in [5, 5.41) is 3.68. The number of rotatable bonds is 1. The van der Waals surface area contributed by atoms with Crippen molar-refractivity contribution in [2.45, 2.75) is 56.5 Å². The highest BCUT2D eigenvalue weighted by Gasteiger charge is 2.33. The molecule has 2 aliphatic carbocycles. The normalized spacial score (nSPS) is 31.1. The molecule has 3 nitrogen and oxygen atoms in total. The first kappa shape index (κ1) is 13.7. The van der Waals surface area contributed by atoms with Crippen LogP contribution in [0.1, 0.15) is 50.0 Å². The summed E-state index contributed by atoms with van der Waals surface area (Å²) in [5.74, 6) is 0.540. The third-order valence-corrected chi connectivity index (χ3v) is 5.26. The lowest BCUT2D eigenvalue weighted by molar-refractivity contribution is -0.115.